The molecule has 1 amide bonds. The van der Waals surface area contributed by atoms with Gasteiger partial charge in [0.15, 0.2) is 0 Å². The average molecular weight is 303 g/mol. The first kappa shape index (κ1) is 15.7. The van der Waals surface area contributed by atoms with Gasteiger partial charge in [-0.2, -0.15) is 0 Å². The average Bonchev–Trinajstić information content (AvgIpc) is 2.93. The number of amides is 1. The van der Waals surface area contributed by atoms with Crippen LogP contribution in [-0.2, 0) is 11.2 Å². The quantitative estimate of drug-likeness (QED) is 0.861. The number of nitrogens with two attached hydrogens (primary N) is 1. The summed E-state index contributed by atoms with van der Waals surface area (Å²) < 4.78 is 0. The second-order valence-corrected chi connectivity index (χ2v) is 6.19. The number of aryl methyl sites for hydroxylation is 1. The van der Waals surface area contributed by atoms with Gasteiger partial charge in [0.2, 0.25) is 5.91 Å². The summed E-state index contributed by atoms with van der Waals surface area (Å²) in [6.45, 7) is 5.27. The fourth-order valence-corrected chi connectivity index (χ4v) is 2.71. The van der Waals surface area contributed by atoms with E-state index in [1.54, 1.807) is 11.3 Å². The minimum atomic E-state index is -0.00334. The number of carbonyl (C=O) groups excluding carboxylic acids is 1. The number of carbonyl (C=O) groups is 1. The predicted molar refractivity (Wildman–Crippen MR) is 87.2 cm³/mol. The number of nitrogens with one attached hydrogen (secondary N) is 1. The van der Waals surface area contributed by atoms with E-state index in [1.165, 1.54) is 5.56 Å². The summed E-state index contributed by atoms with van der Waals surface area (Å²) in [4.78, 5) is 16.4. The number of thiazole rings is 1. The molecule has 1 heterocycles. The van der Waals surface area contributed by atoms with Crippen LogP contribution in [-0.4, -0.2) is 24.0 Å². The predicted octanol–water partition coefficient (Wildman–Crippen LogP) is 2.37. The number of benzene rings is 1. The summed E-state index contributed by atoms with van der Waals surface area (Å²) in [5.74, 6) is 0.295. The van der Waals surface area contributed by atoms with Crippen LogP contribution in [0.2, 0.25) is 0 Å². The molecule has 0 aliphatic rings. The van der Waals surface area contributed by atoms with E-state index < -0.39 is 0 Å². The van der Waals surface area contributed by atoms with Gasteiger partial charge >= 0.3 is 0 Å². The molecule has 0 spiro atoms. The summed E-state index contributed by atoms with van der Waals surface area (Å²) in [6, 6.07) is 8.22. The van der Waals surface area contributed by atoms with Crippen LogP contribution in [0.4, 0.5) is 0 Å². The third-order valence-corrected chi connectivity index (χ3v) is 4.15. The highest BCUT2D eigenvalue weighted by atomic mass is 32.1. The molecule has 0 aliphatic carbocycles. The first-order chi connectivity index (χ1) is 10.1. The maximum absolute atomic E-state index is 11.8. The Labute approximate surface area is 129 Å². The monoisotopic (exact) mass is 303 g/mol. The maximum atomic E-state index is 11.8. The lowest BCUT2D eigenvalue weighted by Crippen LogP contribution is -2.32. The van der Waals surface area contributed by atoms with Crippen LogP contribution in [0.5, 0.6) is 0 Å². The van der Waals surface area contributed by atoms with E-state index in [1.807, 2.05) is 24.4 Å². The van der Waals surface area contributed by atoms with Crippen molar-refractivity contribution in [1.82, 2.24) is 10.3 Å². The molecule has 0 fully saturated rings. The van der Waals surface area contributed by atoms with Crippen molar-refractivity contribution in [3.8, 4) is 10.6 Å². The Morgan fingerprint density at radius 2 is 2.29 bits per heavy atom. The molecule has 1 atom stereocenters. The zero-order valence-corrected chi connectivity index (χ0v) is 13.2. The topological polar surface area (TPSA) is 68.0 Å². The molecule has 5 heteroatoms. The molecular formula is C16H21N3OS. The molecule has 4 nitrogen and oxygen atoms in total. The van der Waals surface area contributed by atoms with Crippen molar-refractivity contribution in [3.63, 3.8) is 0 Å². The summed E-state index contributed by atoms with van der Waals surface area (Å²) >= 11 is 1.57. The van der Waals surface area contributed by atoms with Crippen LogP contribution in [0.1, 0.15) is 18.2 Å². The Hall–Kier alpha value is -1.72. The van der Waals surface area contributed by atoms with Gasteiger partial charge in [-0.3, -0.25) is 4.79 Å². The van der Waals surface area contributed by atoms with E-state index in [0.29, 0.717) is 25.4 Å². The van der Waals surface area contributed by atoms with Crippen molar-refractivity contribution in [2.45, 2.75) is 20.3 Å². The molecule has 2 rings (SSSR count). The highest BCUT2D eigenvalue weighted by Crippen LogP contribution is 2.24. The van der Waals surface area contributed by atoms with Crippen molar-refractivity contribution in [3.05, 3.63) is 40.9 Å². The Balaban J connectivity index is 1.96. The zero-order chi connectivity index (χ0) is 15.2. The van der Waals surface area contributed by atoms with E-state index in [-0.39, 0.29) is 5.91 Å². The maximum Gasteiger partial charge on any atom is 0.226 e. The number of hydrogen-bond acceptors (Lipinski definition) is 4. The van der Waals surface area contributed by atoms with Gasteiger partial charge in [-0.15, -0.1) is 11.3 Å². The molecule has 2 aromatic rings. The lowest BCUT2D eigenvalue weighted by atomic mass is 10.1. The van der Waals surface area contributed by atoms with Gasteiger partial charge in [0.1, 0.15) is 5.01 Å². The lowest BCUT2D eigenvalue weighted by Gasteiger charge is -2.09. The first-order valence-corrected chi connectivity index (χ1v) is 7.94. The van der Waals surface area contributed by atoms with Gasteiger partial charge in [0.25, 0.3) is 0 Å². The molecule has 1 aromatic carbocycles. The van der Waals surface area contributed by atoms with Crippen molar-refractivity contribution >= 4 is 17.2 Å². The number of rotatable bonds is 6. The standard InChI is InChI=1S/C16H21N3OS/c1-11-4-3-5-13(6-11)16-19-14(10-21-16)7-15(20)18-9-12(2)8-17/h3-6,10,12H,7-9,17H2,1-2H3,(H,18,20). The van der Waals surface area contributed by atoms with Gasteiger partial charge in [0, 0.05) is 17.5 Å². The lowest BCUT2D eigenvalue weighted by molar-refractivity contribution is -0.120. The Kier molecular flexibility index (Phi) is 5.47. The second-order valence-electron chi connectivity index (χ2n) is 5.34. The number of nitrogens with zero attached hydrogens (tertiary/aromatic N) is 1. The van der Waals surface area contributed by atoms with Crippen LogP contribution >= 0.6 is 11.3 Å². The van der Waals surface area contributed by atoms with Gasteiger partial charge in [-0.1, -0.05) is 30.7 Å². The fraction of sp³-hybridized carbons (Fsp3) is 0.375. The third kappa shape index (κ3) is 4.65. The van der Waals surface area contributed by atoms with E-state index in [2.05, 4.69) is 29.4 Å². The van der Waals surface area contributed by atoms with Gasteiger partial charge in [-0.25, -0.2) is 4.98 Å². The zero-order valence-electron chi connectivity index (χ0n) is 12.4. The number of hydrogen-bond donors (Lipinski definition) is 2. The first-order valence-electron chi connectivity index (χ1n) is 7.06. The van der Waals surface area contributed by atoms with Crippen LogP contribution in [0, 0.1) is 12.8 Å². The second kappa shape index (κ2) is 7.33. The Morgan fingerprint density at radius 3 is 3.00 bits per heavy atom. The molecule has 0 saturated heterocycles. The molecule has 1 unspecified atom stereocenters. The van der Waals surface area contributed by atoms with Crippen LogP contribution in [0.3, 0.4) is 0 Å². The summed E-state index contributed by atoms with van der Waals surface area (Å²) in [6.07, 6.45) is 0.319. The summed E-state index contributed by atoms with van der Waals surface area (Å²) in [5.41, 5.74) is 8.65. The molecule has 0 radical (unpaired) electrons. The minimum Gasteiger partial charge on any atom is -0.355 e. The van der Waals surface area contributed by atoms with Gasteiger partial charge in [0.05, 0.1) is 12.1 Å². The minimum absolute atomic E-state index is 0.00334. The smallest absolute Gasteiger partial charge is 0.226 e. The van der Waals surface area contributed by atoms with Crippen LogP contribution in [0.15, 0.2) is 29.6 Å². The van der Waals surface area contributed by atoms with Crippen molar-refractivity contribution < 1.29 is 4.79 Å². The largest absolute Gasteiger partial charge is 0.355 e. The van der Waals surface area contributed by atoms with E-state index in [0.717, 1.165) is 16.3 Å². The third-order valence-electron chi connectivity index (χ3n) is 3.21. The molecule has 112 valence electrons. The molecule has 0 aliphatic heterocycles. The molecular weight excluding hydrogens is 282 g/mol. The summed E-state index contributed by atoms with van der Waals surface area (Å²) in [7, 11) is 0. The summed E-state index contributed by atoms with van der Waals surface area (Å²) in [5, 5.41) is 5.79. The number of aromatic nitrogens is 1. The fourth-order valence-electron chi connectivity index (χ4n) is 1.90. The Morgan fingerprint density at radius 1 is 1.48 bits per heavy atom. The molecule has 3 N–H and O–H groups in total. The SMILES string of the molecule is Cc1cccc(-c2nc(CC(=O)NCC(C)CN)cs2)c1. The van der Waals surface area contributed by atoms with Crippen LogP contribution in [0.25, 0.3) is 10.6 Å². The van der Waals surface area contributed by atoms with Gasteiger partial charge < -0.3 is 11.1 Å². The molecule has 21 heavy (non-hydrogen) atoms. The van der Waals surface area contributed by atoms with E-state index in [9.17, 15) is 4.79 Å². The van der Waals surface area contributed by atoms with Crippen molar-refractivity contribution in [2.75, 3.05) is 13.1 Å². The van der Waals surface area contributed by atoms with E-state index in [4.69, 9.17) is 5.73 Å². The van der Waals surface area contributed by atoms with Crippen molar-refractivity contribution in [1.29, 1.82) is 0 Å². The Bertz CT molecular complexity index is 609. The molecule has 0 saturated carbocycles. The highest BCUT2D eigenvalue weighted by molar-refractivity contribution is 7.13. The van der Waals surface area contributed by atoms with Gasteiger partial charge in [-0.05, 0) is 25.5 Å². The molecule has 1 aromatic heterocycles. The molecule has 0 bridgehead atoms. The van der Waals surface area contributed by atoms with Crippen LogP contribution < -0.4 is 11.1 Å². The normalized spacial score (nSPS) is 12.1. The van der Waals surface area contributed by atoms with Crippen molar-refractivity contribution in [2.24, 2.45) is 11.7 Å². The highest BCUT2D eigenvalue weighted by Gasteiger charge is 2.10. The van der Waals surface area contributed by atoms with E-state index >= 15 is 0 Å².